The molecule has 0 rings (SSSR count). The van der Waals surface area contributed by atoms with Crippen LogP contribution in [0.3, 0.4) is 0 Å². The SMILES string of the molecule is CC(=O)NC(C(N)=NO)C(C)C. The number of hydrogen-bond donors (Lipinski definition) is 3. The summed E-state index contributed by atoms with van der Waals surface area (Å²) in [5.74, 6) is -0.0645. The molecule has 1 atom stereocenters. The van der Waals surface area contributed by atoms with Gasteiger partial charge >= 0.3 is 0 Å². The second-order valence-electron chi connectivity index (χ2n) is 2.95. The maximum absolute atomic E-state index is 10.7. The van der Waals surface area contributed by atoms with Crippen LogP contribution in [0.4, 0.5) is 0 Å². The summed E-state index contributed by atoms with van der Waals surface area (Å²) < 4.78 is 0. The van der Waals surface area contributed by atoms with Crippen molar-refractivity contribution in [2.24, 2.45) is 16.8 Å². The van der Waals surface area contributed by atoms with Crippen molar-refractivity contribution in [3.63, 3.8) is 0 Å². The molecule has 0 aliphatic heterocycles. The van der Waals surface area contributed by atoms with Gasteiger partial charge in [-0.25, -0.2) is 0 Å². The maximum atomic E-state index is 10.7. The minimum atomic E-state index is -0.396. The molecule has 0 aliphatic rings. The molecule has 4 N–H and O–H groups in total. The maximum Gasteiger partial charge on any atom is 0.217 e. The molecule has 0 aromatic carbocycles. The number of amides is 1. The van der Waals surface area contributed by atoms with Gasteiger partial charge in [-0.2, -0.15) is 0 Å². The van der Waals surface area contributed by atoms with E-state index < -0.39 is 6.04 Å². The molecule has 12 heavy (non-hydrogen) atoms. The van der Waals surface area contributed by atoms with E-state index in [0.29, 0.717) is 0 Å². The molecule has 0 heterocycles. The fraction of sp³-hybridized carbons (Fsp3) is 0.714. The van der Waals surface area contributed by atoms with Gasteiger partial charge in [0.15, 0.2) is 5.84 Å². The summed E-state index contributed by atoms with van der Waals surface area (Å²) in [7, 11) is 0. The van der Waals surface area contributed by atoms with E-state index in [1.807, 2.05) is 13.8 Å². The number of rotatable bonds is 3. The minimum Gasteiger partial charge on any atom is -0.409 e. The first-order chi connectivity index (χ1) is 5.49. The highest BCUT2D eigenvalue weighted by atomic mass is 16.4. The molecular weight excluding hydrogens is 158 g/mol. The third-order valence-electron chi connectivity index (χ3n) is 1.46. The van der Waals surface area contributed by atoms with Crippen molar-refractivity contribution in [2.45, 2.75) is 26.8 Å². The van der Waals surface area contributed by atoms with Crippen molar-refractivity contribution < 1.29 is 10.0 Å². The molecule has 1 amide bonds. The average Bonchev–Trinajstić information content (AvgIpc) is 1.98. The standard InChI is InChI=1S/C7H15N3O2/c1-4(2)6(7(8)10-12)9-5(3)11/h4,6,12H,1-3H3,(H2,8,10)(H,9,11). The highest BCUT2D eigenvalue weighted by Gasteiger charge is 2.18. The molecule has 0 saturated heterocycles. The van der Waals surface area contributed by atoms with Gasteiger partial charge in [0.1, 0.15) is 0 Å². The zero-order valence-electron chi connectivity index (χ0n) is 7.53. The summed E-state index contributed by atoms with van der Waals surface area (Å²) in [5, 5.41) is 13.8. The Balaban J connectivity index is 4.34. The first kappa shape index (κ1) is 10.7. The fourth-order valence-electron chi connectivity index (χ4n) is 0.863. The van der Waals surface area contributed by atoms with Crippen LogP contribution >= 0.6 is 0 Å². The van der Waals surface area contributed by atoms with Gasteiger partial charge in [0.05, 0.1) is 6.04 Å². The lowest BCUT2D eigenvalue weighted by Crippen LogP contribution is -2.47. The number of hydrogen-bond acceptors (Lipinski definition) is 3. The van der Waals surface area contributed by atoms with Crippen LogP contribution in [0.15, 0.2) is 5.16 Å². The third kappa shape index (κ3) is 3.23. The van der Waals surface area contributed by atoms with Crippen LogP contribution in [0.1, 0.15) is 20.8 Å². The molecule has 5 nitrogen and oxygen atoms in total. The number of nitrogens with two attached hydrogens (primary N) is 1. The van der Waals surface area contributed by atoms with Crippen LogP contribution in [0.5, 0.6) is 0 Å². The first-order valence-electron chi connectivity index (χ1n) is 3.73. The lowest BCUT2D eigenvalue weighted by Gasteiger charge is -2.19. The van der Waals surface area contributed by atoms with E-state index in [1.54, 1.807) is 0 Å². The number of oxime groups is 1. The van der Waals surface area contributed by atoms with E-state index in [0.717, 1.165) is 0 Å². The Kier molecular flexibility index (Phi) is 4.10. The Morgan fingerprint density at radius 3 is 2.33 bits per heavy atom. The van der Waals surface area contributed by atoms with Crippen LogP contribution in [0.25, 0.3) is 0 Å². The largest absolute Gasteiger partial charge is 0.409 e. The summed E-state index contributed by atoms with van der Waals surface area (Å²) in [4.78, 5) is 10.7. The van der Waals surface area contributed by atoms with Gasteiger partial charge in [-0.15, -0.1) is 0 Å². The summed E-state index contributed by atoms with van der Waals surface area (Å²) >= 11 is 0. The molecule has 0 spiro atoms. The van der Waals surface area contributed by atoms with Gasteiger partial charge in [0.2, 0.25) is 5.91 Å². The number of amidine groups is 1. The molecule has 0 bridgehead atoms. The third-order valence-corrected chi connectivity index (χ3v) is 1.46. The Morgan fingerprint density at radius 1 is 1.58 bits per heavy atom. The van der Waals surface area contributed by atoms with Gasteiger partial charge in [-0.3, -0.25) is 4.79 Å². The van der Waals surface area contributed by atoms with E-state index in [4.69, 9.17) is 10.9 Å². The van der Waals surface area contributed by atoms with E-state index in [1.165, 1.54) is 6.92 Å². The summed E-state index contributed by atoms with van der Waals surface area (Å²) in [5.41, 5.74) is 5.35. The van der Waals surface area contributed by atoms with Crippen LogP contribution in [0, 0.1) is 5.92 Å². The topological polar surface area (TPSA) is 87.7 Å². The summed E-state index contributed by atoms with van der Waals surface area (Å²) in [6.07, 6.45) is 0. The van der Waals surface area contributed by atoms with Gasteiger partial charge < -0.3 is 16.3 Å². The zero-order valence-corrected chi connectivity index (χ0v) is 7.53. The number of nitrogens with zero attached hydrogens (tertiary/aromatic N) is 1. The van der Waals surface area contributed by atoms with Crippen LogP contribution in [0.2, 0.25) is 0 Å². The predicted octanol–water partition coefficient (Wildman–Crippen LogP) is -0.106. The Morgan fingerprint density at radius 2 is 2.08 bits per heavy atom. The molecule has 0 saturated carbocycles. The van der Waals surface area contributed by atoms with Crippen molar-refractivity contribution in [3.8, 4) is 0 Å². The predicted molar refractivity (Wildman–Crippen MR) is 45.9 cm³/mol. The molecule has 70 valence electrons. The molecule has 5 heteroatoms. The van der Waals surface area contributed by atoms with E-state index in [2.05, 4.69) is 10.5 Å². The monoisotopic (exact) mass is 173 g/mol. The van der Waals surface area contributed by atoms with Crippen molar-refractivity contribution >= 4 is 11.7 Å². The molecule has 1 unspecified atom stereocenters. The van der Waals surface area contributed by atoms with Gasteiger partial charge in [-0.05, 0) is 5.92 Å². The van der Waals surface area contributed by atoms with Crippen LogP contribution in [-0.4, -0.2) is 23.0 Å². The quantitative estimate of drug-likeness (QED) is 0.241. The van der Waals surface area contributed by atoms with E-state index in [9.17, 15) is 4.79 Å². The minimum absolute atomic E-state index is 0.0280. The van der Waals surface area contributed by atoms with Crippen molar-refractivity contribution in [1.82, 2.24) is 5.32 Å². The number of carbonyl (C=O) groups is 1. The number of nitrogens with one attached hydrogen (secondary N) is 1. The Hall–Kier alpha value is -1.26. The van der Waals surface area contributed by atoms with Crippen LogP contribution in [-0.2, 0) is 4.79 Å². The lowest BCUT2D eigenvalue weighted by molar-refractivity contribution is -0.119. The van der Waals surface area contributed by atoms with Crippen molar-refractivity contribution in [2.75, 3.05) is 0 Å². The smallest absolute Gasteiger partial charge is 0.217 e. The second-order valence-corrected chi connectivity index (χ2v) is 2.95. The average molecular weight is 173 g/mol. The van der Waals surface area contributed by atoms with Crippen LogP contribution < -0.4 is 11.1 Å². The molecular formula is C7H15N3O2. The molecule has 0 aromatic heterocycles. The molecule has 0 fully saturated rings. The van der Waals surface area contributed by atoms with Gasteiger partial charge in [0.25, 0.3) is 0 Å². The lowest BCUT2D eigenvalue weighted by atomic mass is 10.0. The zero-order chi connectivity index (χ0) is 9.72. The van der Waals surface area contributed by atoms with Gasteiger partial charge in [-0.1, -0.05) is 19.0 Å². The van der Waals surface area contributed by atoms with E-state index in [-0.39, 0.29) is 17.7 Å². The second kappa shape index (κ2) is 4.58. The highest BCUT2D eigenvalue weighted by Crippen LogP contribution is 2.00. The van der Waals surface area contributed by atoms with Crippen molar-refractivity contribution in [3.05, 3.63) is 0 Å². The fourth-order valence-corrected chi connectivity index (χ4v) is 0.863. The number of carbonyl (C=O) groups excluding carboxylic acids is 1. The van der Waals surface area contributed by atoms with E-state index >= 15 is 0 Å². The summed E-state index contributed by atoms with van der Waals surface area (Å²) in [6, 6.07) is -0.396. The summed E-state index contributed by atoms with van der Waals surface area (Å²) in [6.45, 7) is 5.14. The van der Waals surface area contributed by atoms with Gasteiger partial charge in [0, 0.05) is 6.92 Å². The van der Waals surface area contributed by atoms with Crippen molar-refractivity contribution in [1.29, 1.82) is 0 Å². The molecule has 0 radical (unpaired) electrons. The Labute approximate surface area is 71.6 Å². The highest BCUT2D eigenvalue weighted by molar-refractivity contribution is 5.89. The molecule has 0 aromatic rings. The normalized spacial score (nSPS) is 14.5. The first-order valence-corrected chi connectivity index (χ1v) is 3.73. The Bertz CT molecular complexity index is 189. The molecule has 0 aliphatic carbocycles.